The number of allylic oxidation sites excluding steroid dienone is 1. The van der Waals surface area contributed by atoms with E-state index in [1.165, 1.54) is 37.0 Å². The molecule has 1 unspecified atom stereocenters. The SMILES string of the molecule is CNC(CSc1ccccc1Cl)C1=CCCCCC1. The first kappa shape index (κ1) is 15.0. The van der Waals surface area contributed by atoms with E-state index in [9.17, 15) is 0 Å². The summed E-state index contributed by atoms with van der Waals surface area (Å²) in [6, 6.07) is 8.56. The fourth-order valence-corrected chi connectivity index (χ4v) is 3.87. The number of rotatable bonds is 5. The Bertz CT molecular complexity index is 431. The highest BCUT2D eigenvalue weighted by molar-refractivity contribution is 7.99. The number of benzene rings is 1. The van der Waals surface area contributed by atoms with Crippen molar-refractivity contribution in [3.8, 4) is 0 Å². The summed E-state index contributed by atoms with van der Waals surface area (Å²) in [5.74, 6) is 1.05. The summed E-state index contributed by atoms with van der Waals surface area (Å²) in [4.78, 5) is 1.18. The Morgan fingerprint density at radius 1 is 1.26 bits per heavy atom. The zero-order chi connectivity index (χ0) is 13.5. The van der Waals surface area contributed by atoms with Crippen molar-refractivity contribution >= 4 is 23.4 Å². The van der Waals surface area contributed by atoms with E-state index < -0.39 is 0 Å². The van der Waals surface area contributed by atoms with Crippen LogP contribution >= 0.6 is 23.4 Å². The molecule has 0 spiro atoms. The number of likely N-dealkylation sites (N-methyl/N-ethyl adjacent to an activating group) is 1. The van der Waals surface area contributed by atoms with Crippen molar-refractivity contribution in [1.29, 1.82) is 0 Å². The molecule has 0 radical (unpaired) electrons. The minimum absolute atomic E-state index is 0.472. The van der Waals surface area contributed by atoms with Gasteiger partial charge in [-0.25, -0.2) is 0 Å². The number of hydrogen-bond acceptors (Lipinski definition) is 2. The highest BCUT2D eigenvalue weighted by atomic mass is 35.5. The second kappa shape index (κ2) is 7.98. The van der Waals surface area contributed by atoms with Gasteiger partial charge in [0.2, 0.25) is 0 Å². The van der Waals surface area contributed by atoms with Gasteiger partial charge < -0.3 is 5.32 Å². The van der Waals surface area contributed by atoms with Crippen molar-refractivity contribution in [3.05, 3.63) is 40.9 Å². The molecule has 1 nitrogen and oxygen atoms in total. The number of thioether (sulfide) groups is 1. The molecule has 3 heteroatoms. The fourth-order valence-electron chi connectivity index (χ4n) is 2.47. The van der Waals surface area contributed by atoms with Crippen molar-refractivity contribution in [1.82, 2.24) is 5.32 Å². The van der Waals surface area contributed by atoms with Crippen molar-refractivity contribution in [2.24, 2.45) is 0 Å². The maximum absolute atomic E-state index is 6.21. The van der Waals surface area contributed by atoms with E-state index in [1.54, 1.807) is 5.57 Å². The molecular weight excluding hydrogens is 274 g/mol. The Balaban J connectivity index is 1.95. The summed E-state index contributed by atoms with van der Waals surface area (Å²) in [6.45, 7) is 0. The Morgan fingerprint density at radius 2 is 2.11 bits per heavy atom. The third-order valence-electron chi connectivity index (χ3n) is 3.61. The number of halogens is 1. The maximum atomic E-state index is 6.21. The normalized spacial score (nSPS) is 17.7. The third-order valence-corrected chi connectivity index (χ3v) is 5.22. The smallest absolute Gasteiger partial charge is 0.0541 e. The molecule has 0 bridgehead atoms. The molecule has 19 heavy (non-hydrogen) atoms. The summed E-state index contributed by atoms with van der Waals surface area (Å²) in [6.07, 6.45) is 8.98. The predicted octanol–water partition coefficient (Wildman–Crippen LogP) is 4.91. The Labute approximate surface area is 125 Å². The largest absolute Gasteiger partial charge is 0.313 e. The summed E-state index contributed by atoms with van der Waals surface area (Å²) in [5.41, 5.74) is 1.58. The van der Waals surface area contributed by atoms with Crippen LogP contribution in [0.25, 0.3) is 0 Å². The van der Waals surface area contributed by atoms with Crippen LogP contribution < -0.4 is 5.32 Å². The molecule has 104 valence electrons. The minimum Gasteiger partial charge on any atom is -0.313 e. The van der Waals surface area contributed by atoms with Gasteiger partial charge in [0.1, 0.15) is 0 Å². The van der Waals surface area contributed by atoms with E-state index in [2.05, 4.69) is 24.5 Å². The van der Waals surface area contributed by atoms with Crippen molar-refractivity contribution in [2.45, 2.75) is 43.0 Å². The van der Waals surface area contributed by atoms with Crippen molar-refractivity contribution in [2.75, 3.05) is 12.8 Å². The lowest BCUT2D eigenvalue weighted by molar-refractivity contribution is 0.645. The van der Waals surface area contributed by atoms with Gasteiger partial charge in [0, 0.05) is 16.7 Å². The van der Waals surface area contributed by atoms with Crippen LogP contribution in [0.3, 0.4) is 0 Å². The quantitative estimate of drug-likeness (QED) is 0.612. The van der Waals surface area contributed by atoms with Gasteiger partial charge in [-0.3, -0.25) is 0 Å². The second-order valence-corrected chi connectivity index (χ2v) is 6.43. The molecular formula is C16H22ClNS. The van der Waals surface area contributed by atoms with Gasteiger partial charge in [-0.05, 0) is 44.9 Å². The van der Waals surface area contributed by atoms with Gasteiger partial charge in [-0.15, -0.1) is 11.8 Å². The van der Waals surface area contributed by atoms with Gasteiger partial charge in [-0.1, -0.05) is 41.8 Å². The van der Waals surface area contributed by atoms with Crippen LogP contribution in [0.1, 0.15) is 32.1 Å². The van der Waals surface area contributed by atoms with Gasteiger partial charge in [-0.2, -0.15) is 0 Å². The van der Waals surface area contributed by atoms with Crippen LogP contribution in [-0.4, -0.2) is 18.8 Å². The van der Waals surface area contributed by atoms with Crippen LogP contribution in [0, 0.1) is 0 Å². The molecule has 1 aromatic rings. The molecule has 1 aromatic carbocycles. The lowest BCUT2D eigenvalue weighted by Crippen LogP contribution is -2.29. The monoisotopic (exact) mass is 295 g/mol. The van der Waals surface area contributed by atoms with E-state index >= 15 is 0 Å². The Kier molecular flexibility index (Phi) is 6.29. The predicted molar refractivity (Wildman–Crippen MR) is 86.2 cm³/mol. The zero-order valence-corrected chi connectivity index (χ0v) is 13.1. The first-order chi connectivity index (χ1) is 9.31. The average molecular weight is 296 g/mol. The van der Waals surface area contributed by atoms with E-state index in [0.29, 0.717) is 6.04 Å². The van der Waals surface area contributed by atoms with Gasteiger partial charge in [0.05, 0.1) is 5.02 Å². The van der Waals surface area contributed by atoms with Crippen molar-refractivity contribution in [3.63, 3.8) is 0 Å². The first-order valence-electron chi connectivity index (χ1n) is 7.05. The molecule has 1 aliphatic rings. The van der Waals surface area contributed by atoms with Crippen LogP contribution in [0.15, 0.2) is 40.8 Å². The summed E-state index contributed by atoms with van der Waals surface area (Å²) < 4.78 is 0. The molecule has 0 fully saturated rings. The van der Waals surface area contributed by atoms with Crippen LogP contribution in [0.2, 0.25) is 5.02 Å². The standard InChI is InChI=1S/C16H22ClNS/c1-18-15(13-8-4-2-3-5-9-13)12-19-16-11-7-6-10-14(16)17/h6-8,10-11,15,18H,2-5,9,12H2,1H3. The molecule has 1 N–H and O–H groups in total. The zero-order valence-electron chi connectivity index (χ0n) is 11.5. The first-order valence-corrected chi connectivity index (χ1v) is 8.41. The van der Waals surface area contributed by atoms with Crippen molar-refractivity contribution < 1.29 is 0 Å². The summed E-state index contributed by atoms with van der Waals surface area (Å²) in [5, 5.41) is 4.32. The Morgan fingerprint density at radius 3 is 2.89 bits per heavy atom. The fraction of sp³-hybridized carbons (Fsp3) is 0.500. The molecule has 0 heterocycles. The summed E-state index contributed by atoms with van der Waals surface area (Å²) in [7, 11) is 2.06. The molecule has 0 aliphatic heterocycles. The van der Waals surface area contributed by atoms with Crippen LogP contribution in [0.5, 0.6) is 0 Å². The van der Waals surface area contributed by atoms with Gasteiger partial charge >= 0.3 is 0 Å². The average Bonchev–Trinajstić information content (AvgIpc) is 2.71. The van der Waals surface area contributed by atoms with Gasteiger partial charge in [0.25, 0.3) is 0 Å². The van der Waals surface area contributed by atoms with E-state index in [4.69, 9.17) is 11.6 Å². The molecule has 0 saturated heterocycles. The van der Waals surface area contributed by atoms with E-state index in [0.717, 1.165) is 10.8 Å². The third kappa shape index (κ3) is 4.55. The topological polar surface area (TPSA) is 12.0 Å². The minimum atomic E-state index is 0.472. The molecule has 2 rings (SSSR count). The maximum Gasteiger partial charge on any atom is 0.0541 e. The molecule has 0 amide bonds. The number of hydrogen-bond donors (Lipinski definition) is 1. The number of nitrogens with one attached hydrogen (secondary N) is 1. The second-order valence-electron chi connectivity index (χ2n) is 4.96. The van der Waals surface area contributed by atoms with Crippen LogP contribution in [0.4, 0.5) is 0 Å². The molecule has 1 atom stereocenters. The van der Waals surface area contributed by atoms with E-state index in [-0.39, 0.29) is 0 Å². The van der Waals surface area contributed by atoms with E-state index in [1.807, 2.05) is 30.0 Å². The highest BCUT2D eigenvalue weighted by Gasteiger charge is 2.14. The Hall–Kier alpha value is -0.440. The highest BCUT2D eigenvalue weighted by Crippen LogP contribution is 2.29. The lowest BCUT2D eigenvalue weighted by atomic mass is 10.0. The molecule has 0 aromatic heterocycles. The summed E-state index contributed by atoms with van der Waals surface area (Å²) >= 11 is 8.05. The van der Waals surface area contributed by atoms with Crippen LogP contribution in [-0.2, 0) is 0 Å². The lowest BCUT2D eigenvalue weighted by Gasteiger charge is -2.19. The molecule has 1 aliphatic carbocycles. The molecule has 0 saturated carbocycles. The van der Waals surface area contributed by atoms with Gasteiger partial charge in [0.15, 0.2) is 0 Å².